The Morgan fingerprint density at radius 1 is 0.576 bits per heavy atom. The molecule has 59 heavy (non-hydrogen) atoms. The zero-order valence-electron chi connectivity index (χ0n) is 43.7. The van der Waals surface area contributed by atoms with Gasteiger partial charge in [0.1, 0.15) is 0 Å². The first-order valence-corrected chi connectivity index (χ1v) is 24.5. The molecular weight excluding hydrogens is 737 g/mol. The fourth-order valence-corrected chi connectivity index (χ4v) is 7.25. The van der Waals surface area contributed by atoms with Crippen LogP contribution in [0.3, 0.4) is 0 Å². The second-order valence-electron chi connectivity index (χ2n) is 18.7. The van der Waals surface area contributed by atoms with Crippen molar-refractivity contribution in [3.05, 3.63) is 12.7 Å². The molecule has 0 saturated carbocycles. The Bertz CT molecular complexity index is 893. The average molecular weight is 845 g/mol. The van der Waals surface area contributed by atoms with Gasteiger partial charge in [0.2, 0.25) is 0 Å². The summed E-state index contributed by atoms with van der Waals surface area (Å²) in [6, 6.07) is 0. The first-order chi connectivity index (χ1) is 27.7. The van der Waals surface area contributed by atoms with Crippen LogP contribution in [0.15, 0.2) is 12.7 Å². The van der Waals surface area contributed by atoms with E-state index in [1.807, 2.05) is 0 Å². The molecule has 3 fully saturated rings. The lowest BCUT2D eigenvalue weighted by molar-refractivity contribution is -0.278. The van der Waals surface area contributed by atoms with Gasteiger partial charge in [-0.3, -0.25) is 0 Å². The molecule has 0 radical (unpaired) electrons. The Balaban J connectivity index is -0.000000660. The Morgan fingerprint density at radius 3 is 1.34 bits per heavy atom. The zero-order valence-corrected chi connectivity index (χ0v) is 43.7. The van der Waals surface area contributed by atoms with Gasteiger partial charge in [0, 0.05) is 33.9 Å². The highest BCUT2D eigenvalue weighted by molar-refractivity contribution is 4.85. The molecule has 3 aliphatic rings. The molecule has 7 heteroatoms. The van der Waals surface area contributed by atoms with Crippen LogP contribution in [-0.4, -0.2) is 77.1 Å². The molecule has 15 atom stereocenters. The molecule has 3 aliphatic heterocycles. The summed E-state index contributed by atoms with van der Waals surface area (Å²) >= 11 is 0. The summed E-state index contributed by atoms with van der Waals surface area (Å²) in [6.07, 6.45) is 16.4. The lowest BCUT2D eigenvalue weighted by Gasteiger charge is -2.46. The third-order valence-corrected chi connectivity index (χ3v) is 13.9. The van der Waals surface area contributed by atoms with Crippen LogP contribution in [0.25, 0.3) is 0 Å². The van der Waals surface area contributed by atoms with Gasteiger partial charge in [-0.25, -0.2) is 0 Å². The van der Waals surface area contributed by atoms with Crippen LogP contribution in [0.5, 0.6) is 0 Å². The van der Waals surface area contributed by atoms with Crippen LogP contribution in [-0.2, 0) is 33.2 Å². The van der Waals surface area contributed by atoms with Crippen molar-refractivity contribution in [1.29, 1.82) is 0 Å². The summed E-state index contributed by atoms with van der Waals surface area (Å²) in [5.41, 5.74) is 0. The van der Waals surface area contributed by atoms with E-state index in [4.69, 9.17) is 33.2 Å². The molecule has 7 nitrogen and oxygen atoms in total. The topological polar surface area (TPSA) is 64.6 Å². The van der Waals surface area contributed by atoms with Gasteiger partial charge < -0.3 is 33.2 Å². The third kappa shape index (κ3) is 28.7. The number of unbranched alkanes of at least 4 members (excludes halogenated alkanes) is 1. The first kappa shape index (κ1) is 62.8. The Kier molecular flexibility index (Phi) is 40.4. The monoisotopic (exact) mass is 845 g/mol. The van der Waals surface area contributed by atoms with E-state index in [0.29, 0.717) is 60.3 Å². The normalized spacial score (nSPS) is 30.0. The molecule has 0 aromatic carbocycles. The summed E-state index contributed by atoms with van der Waals surface area (Å²) < 4.78 is 37.9. The van der Waals surface area contributed by atoms with E-state index < -0.39 is 0 Å². The highest BCUT2D eigenvalue weighted by Crippen LogP contribution is 2.40. The second kappa shape index (κ2) is 38.0. The predicted octanol–water partition coefficient (Wildman–Crippen LogP) is 14.8. The van der Waals surface area contributed by atoms with Crippen molar-refractivity contribution in [3.63, 3.8) is 0 Å². The van der Waals surface area contributed by atoms with Crippen molar-refractivity contribution in [2.24, 2.45) is 53.3 Å². The number of rotatable bonds is 16. The van der Waals surface area contributed by atoms with Crippen molar-refractivity contribution in [2.75, 3.05) is 27.9 Å². The molecule has 0 aromatic heterocycles. The van der Waals surface area contributed by atoms with Crippen LogP contribution in [0.1, 0.15) is 196 Å². The van der Waals surface area contributed by atoms with Crippen molar-refractivity contribution in [2.45, 2.75) is 245 Å². The molecule has 3 rings (SSSR count). The van der Waals surface area contributed by atoms with Crippen molar-refractivity contribution in [3.8, 4) is 0 Å². The van der Waals surface area contributed by atoms with Crippen molar-refractivity contribution >= 4 is 0 Å². The molecule has 0 spiro atoms. The third-order valence-electron chi connectivity index (χ3n) is 13.9. The quantitative estimate of drug-likeness (QED) is 0.0871. The first-order valence-electron chi connectivity index (χ1n) is 24.5. The van der Waals surface area contributed by atoms with E-state index in [2.05, 4.69) is 138 Å². The Hall–Kier alpha value is -0.540. The smallest absolute Gasteiger partial charge is 0.175 e. The van der Waals surface area contributed by atoms with E-state index in [9.17, 15) is 0 Å². The van der Waals surface area contributed by atoms with Crippen LogP contribution >= 0.6 is 0 Å². The molecule has 0 aliphatic carbocycles. The fraction of sp³-hybridized carbons (Fsp3) is 0.962. The minimum Gasteiger partial charge on any atom is -0.385 e. The maximum Gasteiger partial charge on any atom is 0.175 e. The summed E-state index contributed by atoms with van der Waals surface area (Å²) in [7, 11) is 4.86. The van der Waals surface area contributed by atoms with Crippen LogP contribution in [0, 0.1) is 53.3 Å². The van der Waals surface area contributed by atoms with Gasteiger partial charge in [-0.2, -0.15) is 0 Å². The summed E-state index contributed by atoms with van der Waals surface area (Å²) in [5.74, 6) is 6.70. The molecule has 0 bridgehead atoms. The lowest BCUT2D eigenvalue weighted by atomic mass is 9.79. The largest absolute Gasteiger partial charge is 0.385 e. The highest BCUT2D eigenvalue weighted by Gasteiger charge is 2.41. The van der Waals surface area contributed by atoms with Crippen molar-refractivity contribution in [1.82, 2.24) is 0 Å². The van der Waals surface area contributed by atoms with Crippen LogP contribution in [0.4, 0.5) is 0 Å². The van der Waals surface area contributed by atoms with E-state index in [1.165, 1.54) is 64.2 Å². The fourth-order valence-electron chi connectivity index (χ4n) is 7.25. The summed E-state index contributed by atoms with van der Waals surface area (Å²) in [4.78, 5) is 0. The van der Waals surface area contributed by atoms with Crippen LogP contribution < -0.4 is 0 Å². The number of ether oxygens (including phenoxy) is 7. The number of fused-ring (bicyclic) bond motifs is 1. The van der Waals surface area contributed by atoms with Gasteiger partial charge in [0.15, 0.2) is 12.6 Å². The molecule has 358 valence electrons. The molecule has 3 saturated heterocycles. The average Bonchev–Trinajstić information content (AvgIpc) is 3.22. The van der Waals surface area contributed by atoms with Gasteiger partial charge >= 0.3 is 0 Å². The Labute approximate surface area is 370 Å². The maximum absolute atomic E-state index is 5.99. The zero-order chi connectivity index (χ0) is 46.2. The SMILES string of the molecule is C=CC(OC)OC.CCC(C)C(C)C.CCC(C)C(C)OC(C)C(C)CC.CCC1CC(C)C(C)OC1C.CCC1CC2CC(C)C(C)OC2OC1C.CCCCOC. The van der Waals surface area contributed by atoms with Gasteiger partial charge in [-0.05, 0) is 121 Å². The van der Waals surface area contributed by atoms with Gasteiger partial charge in [-0.15, -0.1) is 0 Å². The second-order valence-corrected chi connectivity index (χ2v) is 18.7. The molecule has 3 heterocycles. The minimum absolute atomic E-state index is 0.0778. The van der Waals surface area contributed by atoms with Crippen molar-refractivity contribution < 1.29 is 33.2 Å². The lowest BCUT2D eigenvalue weighted by Crippen LogP contribution is -2.47. The molecule has 15 unspecified atom stereocenters. The highest BCUT2D eigenvalue weighted by atomic mass is 16.7. The number of methoxy groups -OCH3 is 3. The minimum atomic E-state index is -0.250. The van der Waals surface area contributed by atoms with Gasteiger partial charge in [-0.1, -0.05) is 135 Å². The van der Waals surface area contributed by atoms with E-state index >= 15 is 0 Å². The van der Waals surface area contributed by atoms with Gasteiger partial charge in [0.25, 0.3) is 0 Å². The van der Waals surface area contributed by atoms with Gasteiger partial charge in [0.05, 0.1) is 36.6 Å². The molecule has 0 aromatic rings. The molecule has 0 amide bonds. The molecular formula is C52H108O7. The maximum atomic E-state index is 5.99. The van der Waals surface area contributed by atoms with E-state index in [0.717, 1.165) is 36.2 Å². The summed E-state index contributed by atoms with van der Waals surface area (Å²) in [5, 5.41) is 0. The predicted molar refractivity (Wildman–Crippen MR) is 256 cm³/mol. The number of hydrogen-bond acceptors (Lipinski definition) is 7. The Morgan fingerprint density at radius 2 is 1.00 bits per heavy atom. The summed E-state index contributed by atoms with van der Waals surface area (Å²) in [6.45, 7) is 46.8. The van der Waals surface area contributed by atoms with Crippen LogP contribution in [0.2, 0.25) is 0 Å². The van der Waals surface area contributed by atoms with E-state index in [-0.39, 0.29) is 12.6 Å². The number of hydrogen-bond donors (Lipinski definition) is 0. The molecule has 0 N–H and O–H groups in total. The standard InChI is InChI=1S/C13H24O2.C12H26O.C10H20O.C7H16.C5H10O2.C5H12O/c1-5-11-7-12-6-8(2)9(3)14-13(12)15-10(11)4;1-7-9(3)11(5)13-12(6)10(4)8-2;1-5-10-6-7(2)8(3)11-9(10)4;1-5-7(4)6(2)3;1-4-5(6-2)7-3;1-3-4-5-6-2/h8-13H,5-7H2,1-4H3;9-12H,7-8H2,1-6H3;7-10H,5-6H2,1-4H3;6-7H,5H2,1-4H3;4-5H,1H2,2-3H3;3-5H2,1-2H3. The van der Waals surface area contributed by atoms with E-state index in [1.54, 1.807) is 27.4 Å².